The Balaban J connectivity index is 2.17. The highest BCUT2D eigenvalue weighted by Crippen LogP contribution is 2.23. The van der Waals surface area contributed by atoms with Crippen LogP contribution in [0.2, 0.25) is 0 Å². The molecule has 0 aromatic heterocycles. The van der Waals surface area contributed by atoms with Crippen LogP contribution in [0.5, 0.6) is 0 Å². The number of hydrogen-bond donors (Lipinski definition) is 0. The molecule has 0 saturated heterocycles. The minimum atomic E-state index is -1.32. The molecule has 2 rings (SSSR count). The maximum absolute atomic E-state index is 12.2. The Kier molecular flexibility index (Phi) is 6.73. The van der Waals surface area contributed by atoms with Crippen LogP contribution in [0.4, 0.5) is 4.79 Å². The summed E-state index contributed by atoms with van der Waals surface area (Å²) in [6, 6.07) is 16.6. The van der Waals surface area contributed by atoms with Crippen molar-refractivity contribution in [2.75, 3.05) is 14.2 Å². The third-order valence-corrected chi connectivity index (χ3v) is 3.46. The molecule has 2 atom stereocenters. The van der Waals surface area contributed by atoms with Gasteiger partial charge in [-0.05, 0) is 0 Å². The van der Waals surface area contributed by atoms with Gasteiger partial charge in [0.2, 0.25) is 12.2 Å². The molecule has 2 aromatic carbocycles. The van der Waals surface area contributed by atoms with Crippen LogP contribution in [0.15, 0.2) is 60.7 Å². The van der Waals surface area contributed by atoms with Gasteiger partial charge in [-0.15, -0.1) is 0 Å². The Labute approximate surface area is 150 Å². The van der Waals surface area contributed by atoms with Crippen LogP contribution < -0.4 is 0 Å². The molecule has 0 saturated carbocycles. The van der Waals surface area contributed by atoms with Crippen LogP contribution in [-0.2, 0) is 28.5 Å². The number of ether oxygens (including phenoxy) is 4. The predicted molar refractivity (Wildman–Crippen MR) is 90.0 cm³/mol. The number of benzene rings is 2. The van der Waals surface area contributed by atoms with E-state index in [1.54, 1.807) is 60.7 Å². The van der Waals surface area contributed by atoms with Gasteiger partial charge in [-0.3, -0.25) is 0 Å². The summed E-state index contributed by atoms with van der Waals surface area (Å²) in [6.45, 7) is 0. The molecule has 0 radical (unpaired) electrons. The van der Waals surface area contributed by atoms with Crippen molar-refractivity contribution in [2.24, 2.45) is 0 Å². The lowest BCUT2D eigenvalue weighted by Crippen LogP contribution is -2.25. The molecule has 0 N–H and O–H groups in total. The summed E-state index contributed by atoms with van der Waals surface area (Å²) in [7, 11) is 2.35. The second-order valence-corrected chi connectivity index (χ2v) is 5.11. The van der Waals surface area contributed by atoms with Gasteiger partial charge in [-0.1, -0.05) is 60.7 Å². The molecule has 0 spiro atoms. The quantitative estimate of drug-likeness (QED) is 0.579. The van der Waals surface area contributed by atoms with Crippen LogP contribution in [-0.4, -0.2) is 32.3 Å². The Morgan fingerprint density at radius 1 is 0.654 bits per heavy atom. The molecule has 0 fully saturated rings. The highest BCUT2D eigenvalue weighted by atomic mass is 16.7. The zero-order valence-electron chi connectivity index (χ0n) is 14.3. The van der Waals surface area contributed by atoms with Gasteiger partial charge in [-0.25, -0.2) is 14.4 Å². The van der Waals surface area contributed by atoms with Gasteiger partial charge in [0.15, 0.2) is 0 Å². The van der Waals surface area contributed by atoms with Gasteiger partial charge in [0.25, 0.3) is 0 Å². The van der Waals surface area contributed by atoms with E-state index < -0.39 is 30.3 Å². The molecule has 2 aromatic rings. The van der Waals surface area contributed by atoms with Gasteiger partial charge >= 0.3 is 18.1 Å². The Bertz CT molecular complexity index is 679. The molecule has 136 valence electrons. The lowest BCUT2D eigenvalue weighted by molar-refractivity contribution is -0.157. The number of rotatable bonds is 6. The normalized spacial score (nSPS) is 12.4. The Hall–Kier alpha value is -3.35. The predicted octanol–water partition coefficient (Wildman–Crippen LogP) is 2.97. The molecule has 0 aliphatic rings. The van der Waals surface area contributed by atoms with Crippen molar-refractivity contribution in [3.05, 3.63) is 71.8 Å². The number of carbonyl (C=O) groups is 3. The summed E-state index contributed by atoms with van der Waals surface area (Å²) in [4.78, 5) is 36.1. The summed E-state index contributed by atoms with van der Waals surface area (Å²) in [5.41, 5.74) is 0.816. The first-order valence-electron chi connectivity index (χ1n) is 7.69. The van der Waals surface area contributed by atoms with Gasteiger partial charge in [0, 0.05) is 11.1 Å². The Morgan fingerprint density at radius 3 is 1.31 bits per heavy atom. The molecular weight excluding hydrogens is 340 g/mol. The van der Waals surface area contributed by atoms with Crippen molar-refractivity contribution in [1.29, 1.82) is 0 Å². The second-order valence-electron chi connectivity index (χ2n) is 5.11. The van der Waals surface area contributed by atoms with E-state index >= 15 is 0 Å². The average Bonchev–Trinajstić information content (AvgIpc) is 2.70. The first kappa shape index (κ1) is 19.0. The van der Waals surface area contributed by atoms with Gasteiger partial charge in [0.1, 0.15) is 0 Å². The van der Waals surface area contributed by atoms with E-state index in [9.17, 15) is 14.4 Å². The van der Waals surface area contributed by atoms with Crippen LogP contribution in [0.3, 0.4) is 0 Å². The standard InChI is InChI=1S/C19H18O7/c1-23-17(20)15(13-9-5-3-6-10-13)25-19(22)26-16(18(21)24-2)14-11-7-4-8-12-14/h3-12,15-16H,1-2H3. The Morgan fingerprint density at radius 2 is 1.00 bits per heavy atom. The topological polar surface area (TPSA) is 88.1 Å². The van der Waals surface area contributed by atoms with E-state index in [0.717, 1.165) is 0 Å². The highest BCUT2D eigenvalue weighted by molar-refractivity contribution is 5.81. The molecule has 0 aliphatic carbocycles. The monoisotopic (exact) mass is 358 g/mol. The second kappa shape index (κ2) is 9.22. The molecule has 0 aliphatic heterocycles. The molecule has 26 heavy (non-hydrogen) atoms. The lowest BCUT2D eigenvalue weighted by Gasteiger charge is -2.19. The van der Waals surface area contributed by atoms with Crippen molar-refractivity contribution < 1.29 is 33.3 Å². The molecule has 7 heteroatoms. The van der Waals surface area contributed by atoms with Crippen LogP contribution in [0, 0.1) is 0 Å². The minimum Gasteiger partial charge on any atom is -0.466 e. The van der Waals surface area contributed by atoms with Crippen LogP contribution in [0.1, 0.15) is 23.3 Å². The molecule has 0 bridgehead atoms. The summed E-state index contributed by atoms with van der Waals surface area (Å²) in [6.07, 6.45) is -3.84. The third kappa shape index (κ3) is 4.83. The van der Waals surface area contributed by atoms with Crippen molar-refractivity contribution >= 4 is 18.1 Å². The van der Waals surface area contributed by atoms with Crippen molar-refractivity contribution in [3.8, 4) is 0 Å². The summed E-state index contributed by atoms with van der Waals surface area (Å²) in [5.74, 6) is -1.55. The first-order chi connectivity index (χ1) is 12.6. The number of esters is 2. The number of methoxy groups -OCH3 is 2. The van der Waals surface area contributed by atoms with Crippen LogP contribution in [0.25, 0.3) is 0 Å². The zero-order chi connectivity index (χ0) is 18.9. The summed E-state index contributed by atoms with van der Waals surface area (Å²) < 4.78 is 19.5. The van der Waals surface area contributed by atoms with Gasteiger partial charge < -0.3 is 18.9 Å². The SMILES string of the molecule is COC(=O)C(OC(=O)OC(C(=O)OC)c1ccccc1)c1ccccc1. The number of hydrogen-bond acceptors (Lipinski definition) is 7. The van der Waals surface area contributed by atoms with E-state index in [0.29, 0.717) is 11.1 Å². The molecule has 2 unspecified atom stereocenters. The maximum Gasteiger partial charge on any atom is 0.510 e. The fraction of sp³-hybridized carbons (Fsp3) is 0.211. The van der Waals surface area contributed by atoms with E-state index in [-0.39, 0.29) is 0 Å². The average molecular weight is 358 g/mol. The molecule has 7 nitrogen and oxygen atoms in total. The van der Waals surface area contributed by atoms with Crippen molar-refractivity contribution in [1.82, 2.24) is 0 Å². The molecular formula is C19H18O7. The number of carbonyl (C=O) groups excluding carboxylic acids is 3. The van der Waals surface area contributed by atoms with Crippen LogP contribution >= 0.6 is 0 Å². The molecule has 0 heterocycles. The van der Waals surface area contributed by atoms with E-state index in [4.69, 9.17) is 9.47 Å². The van der Waals surface area contributed by atoms with Crippen molar-refractivity contribution in [3.63, 3.8) is 0 Å². The van der Waals surface area contributed by atoms with Gasteiger partial charge in [0.05, 0.1) is 14.2 Å². The first-order valence-corrected chi connectivity index (χ1v) is 7.69. The molecule has 0 amide bonds. The largest absolute Gasteiger partial charge is 0.510 e. The minimum absolute atomic E-state index is 0.408. The van der Waals surface area contributed by atoms with Crippen molar-refractivity contribution in [2.45, 2.75) is 12.2 Å². The summed E-state index contributed by atoms with van der Waals surface area (Å²) in [5, 5.41) is 0. The third-order valence-electron chi connectivity index (χ3n) is 3.46. The fourth-order valence-electron chi connectivity index (χ4n) is 2.19. The zero-order valence-corrected chi connectivity index (χ0v) is 14.3. The van der Waals surface area contributed by atoms with E-state index in [1.807, 2.05) is 0 Å². The maximum atomic E-state index is 12.2. The lowest BCUT2D eigenvalue weighted by atomic mass is 10.1. The van der Waals surface area contributed by atoms with E-state index in [1.165, 1.54) is 14.2 Å². The highest BCUT2D eigenvalue weighted by Gasteiger charge is 2.31. The van der Waals surface area contributed by atoms with Gasteiger partial charge in [-0.2, -0.15) is 0 Å². The fourth-order valence-corrected chi connectivity index (χ4v) is 2.19. The summed E-state index contributed by atoms with van der Waals surface area (Å²) >= 11 is 0. The van der Waals surface area contributed by atoms with E-state index in [2.05, 4.69) is 9.47 Å². The smallest absolute Gasteiger partial charge is 0.466 e.